The molecular formula is C25H30ClN3O6. The van der Waals surface area contributed by atoms with Crippen molar-refractivity contribution in [3.8, 4) is 5.75 Å². The Bertz CT molecular complexity index is 1060. The molecule has 0 atom stereocenters. The molecule has 10 heteroatoms. The fourth-order valence-corrected chi connectivity index (χ4v) is 3.88. The van der Waals surface area contributed by atoms with Gasteiger partial charge >= 0.3 is 0 Å². The number of nitrogens with one attached hydrogen (secondary N) is 1. The summed E-state index contributed by atoms with van der Waals surface area (Å²) in [6, 6.07) is 11.8. The Morgan fingerprint density at radius 2 is 1.91 bits per heavy atom. The van der Waals surface area contributed by atoms with E-state index in [0.717, 1.165) is 5.56 Å². The lowest BCUT2D eigenvalue weighted by molar-refractivity contribution is -0.135. The molecule has 0 spiro atoms. The third-order valence-electron chi connectivity index (χ3n) is 5.28. The summed E-state index contributed by atoms with van der Waals surface area (Å²) >= 11 is 6.36. The predicted octanol–water partition coefficient (Wildman–Crippen LogP) is 2.24. The smallest absolute Gasteiger partial charge is 0.260 e. The van der Waals surface area contributed by atoms with Crippen LogP contribution in [0.5, 0.6) is 5.75 Å². The lowest BCUT2D eigenvalue weighted by Gasteiger charge is -2.23. The summed E-state index contributed by atoms with van der Waals surface area (Å²) in [4.78, 5) is 41.8. The minimum atomic E-state index is -0.443. The molecule has 0 aliphatic carbocycles. The van der Waals surface area contributed by atoms with Crippen molar-refractivity contribution >= 4 is 35.0 Å². The predicted molar refractivity (Wildman–Crippen MR) is 132 cm³/mol. The van der Waals surface area contributed by atoms with E-state index in [1.54, 1.807) is 18.2 Å². The highest BCUT2D eigenvalue weighted by atomic mass is 35.5. The lowest BCUT2D eigenvalue weighted by Crippen LogP contribution is -2.44. The van der Waals surface area contributed by atoms with E-state index in [1.807, 2.05) is 26.0 Å². The number of anilines is 1. The first-order valence-electron chi connectivity index (χ1n) is 11.4. The zero-order chi connectivity index (χ0) is 25.4. The summed E-state index contributed by atoms with van der Waals surface area (Å²) in [7, 11) is 0. The summed E-state index contributed by atoms with van der Waals surface area (Å²) < 4.78 is 10.8. The summed E-state index contributed by atoms with van der Waals surface area (Å²) in [5.41, 5.74) is 1.53. The number of para-hydroxylation sites is 1. The number of benzene rings is 2. The van der Waals surface area contributed by atoms with Crippen molar-refractivity contribution < 1.29 is 29.0 Å². The number of fused-ring (bicyclic) bond motifs is 1. The molecule has 35 heavy (non-hydrogen) atoms. The van der Waals surface area contributed by atoms with Gasteiger partial charge in [0.05, 0.1) is 36.4 Å². The third-order valence-corrected chi connectivity index (χ3v) is 5.59. The first-order valence-corrected chi connectivity index (χ1v) is 11.8. The van der Waals surface area contributed by atoms with Gasteiger partial charge in [-0.1, -0.05) is 29.8 Å². The molecule has 9 nitrogen and oxygen atoms in total. The largest absolute Gasteiger partial charge is 0.491 e. The van der Waals surface area contributed by atoms with Crippen LogP contribution in [0.4, 0.5) is 5.69 Å². The summed E-state index contributed by atoms with van der Waals surface area (Å²) in [6.07, 6.45) is 0.0666. The number of amides is 3. The molecule has 0 saturated carbocycles. The number of rotatable bonds is 10. The quantitative estimate of drug-likeness (QED) is 0.481. The monoisotopic (exact) mass is 503 g/mol. The number of carbonyl (C=O) groups excluding carboxylic acids is 3. The van der Waals surface area contributed by atoms with E-state index in [4.69, 9.17) is 26.2 Å². The van der Waals surface area contributed by atoms with Crippen molar-refractivity contribution in [3.05, 3.63) is 58.6 Å². The van der Waals surface area contributed by atoms with E-state index in [9.17, 15) is 14.4 Å². The minimum absolute atomic E-state index is 0.0666. The molecule has 1 heterocycles. The zero-order valence-electron chi connectivity index (χ0n) is 19.8. The Kier molecular flexibility index (Phi) is 9.47. The number of hydrogen-bond acceptors (Lipinski definition) is 6. The fraction of sp³-hybridized carbons (Fsp3) is 0.400. The van der Waals surface area contributed by atoms with Gasteiger partial charge in [-0.05, 0) is 43.7 Å². The van der Waals surface area contributed by atoms with Crippen LogP contribution in [0, 0.1) is 0 Å². The first-order chi connectivity index (χ1) is 16.8. The van der Waals surface area contributed by atoms with Gasteiger partial charge in [-0.3, -0.25) is 19.3 Å². The lowest BCUT2D eigenvalue weighted by atomic mass is 10.1. The number of aliphatic hydroxyl groups is 1. The van der Waals surface area contributed by atoms with Crippen molar-refractivity contribution in [3.63, 3.8) is 0 Å². The molecule has 2 aromatic carbocycles. The van der Waals surface area contributed by atoms with Gasteiger partial charge in [-0.2, -0.15) is 0 Å². The zero-order valence-corrected chi connectivity index (χ0v) is 20.6. The third kappa shape index (κ3) is 7.17. The molecule has 3 amide bonds. The van der Waals surface area contributed by atoms with E-state index in [1.165, 1.54) is 21.9 Å². The Morgan fingerprint density at radius 1 is 1.14 bits per heavy atom. The number of ether oxygens (including phenoxy) is 2. The van der Waals surface area contributed by atoms with Crippen LogP contribution < -0.4 is 15.0 Å². The average Bonchev–Trinajstić information content (AvgIpc) is 2.96. The molecule has 0 saturated heterocycles. The van der Waals surface area contributed by atoms with Crippen LogP contribution in [0.3, 0.4) is 0 Å². The molecule has 188 valence electrons. The molecule has 3 rings (SSSR count). The highest BCUT2D eigenvalue weighted by Crippen LogP contribution is 2.30. The molecule has 1 aliphatic rings. The summed E-state index contributed by atoms with van der Waals surface area (Å²) in [5, 5.41) is 11.8. The number of nitrogens with zero attached hydrogens (tertiary/aromatic N) is 2. The van der Waals surface area contributed by atoms with Crippen molar-refractivity contribution in [2.75, 3.05) is 44.4 Å². The second-order valence-corrected chi connectivity index (χ2v) is 8.66. The SMILES string of the molecule is CC(C)OCCNC(=O)CN1Cc2ccccc2N(C(=O)c2ccc(OCCO)cc2Cl)CC1=O. The molecule has 0 radical (unpaired) electrons. The van der Waals surface area contributed by atoms with Gasteiger partial charge in [0.15, 0.2) is 0 Å². The summed E-state index contributed by atoms with van der Waals surface area (Å²) in [5.74, 6) is -0.683. The maximum Gasteiger partial charge on any atom is 0.260 e. The molecule has 0 bridgehead atoms. The Morgan fingerprint density at radius 3 is 2.63 bits per heavy atom. The maximum absolute atomic E-state index is 13.5. The second-order valence-electron chi connectivity index (χ2n) is 8.25. The Hall–Kier alpha value is -3.14. The molecule has 2 N–H and O–H groups in total. The van der Waals surface area contributed by atoms with Crippen LogP contribution in [0.15, 0.2) is 42.5 Å². The van der Waals surface area contributed by atoms with Gasteiger partial charge in [0, 0.05) is 18.8 Å². The second kappa shape index (κ2) is 12.5. The van der Waals surface area contributed by atoms with Crippen LogP contribution in [0.25, 0.3) is 0 Å². The van der Waals surface area contributed by atoms with E-state index in [0.29, 0.717) is 24.6 Å². The van der Waals surface area contributed by atoms with Gasteiger partial charge < -0.3 is 24.8 Å². The molecule has 1 aliphatic heterocycles. The van der Waals surface area contributed by atoms with E-state index < -0.39 is 5.91 Å². The van der Waals surface area contributed by atoms with Crippen molar-refractivity contribution in [2.24, 2.45) is 0 Å². The summed E-state index contributed by atoms with van der Waals surface area (Å²) in [6.45, 7) is 4.33. The van der Waals surface area contributed by atoms with Crippen LogP contribution in [-0.4, -0.2) is 73.3 Å². The standard InChI is InChI=1S/C25H30ClN3O6/c1-17(2)34-11-9-27-23(31)15-28-14-18-5-3-4-6-22(18)29(16-24(28)32)25(33)20-8-7-19(13-21(20)26)35-12-10-30/h3-8,13,17,30H,9-12,14-16H2,1-2H3,(H,27,31). The number of aliphatic hydroxyl groups excluding tert-OH is 1. The van der Waals surface area contributed by atoms with Crippen molar-refractivity contribution in [2.45, 2.75) is 26.5 Å². The highest BCUT2D eigenvalue weighted by Gasteiger charge is 2.31. The number of carbonyl (C=O) groups is 3. The molecule has 0 unspecified atom stereocenters. The van der Waals surface area contributed by atoms with Crippen LogP contribution >= 0.6 is 11.6 Å². The normalized spacial score (nSPS) is 13.5. The van der Waals surface area contributed by atoms with Crippen LogP contribution in [0.1, 0.15) is 29.8 Å². The number of hydrogen-bond donors (Lipinski definition) is 2. The topological polar surface area (TPSA) is 108 Å². The molecule has 2 aromatic rings. The molecular weight excluding hydrogens is 474 g/mol. The van der Waals surface area contributed by atoms with E-state index >= 15 is 0 Å². The average molecular weight is 504 g/mol. The van der Waals surface area contributed by atoms with Gasteiger partial charge in [0.1, 0.15) is 18.9 Å². The van der Waals surface area contributed by atoms with Crippen LogP contribution in [0.2, 0.25) is 5.02 Å². The molecule has 0 fully saturated rings. The van der Waals surface area contributed by atoms with Gasteiger partial charge in [-0.15, -0.1) is 0 Å². The fourth-order valence-electron chi connectivity index (χ4n) is 3.63. The molecule has 0 aromatic heterocycles. The highest BCUT2D eigenvalue weighted by molar-refractivity contribution is 6.34. The Labute approximate surface area is 209 Å². The maximum atomic E-state index is 13.5. The van der Waals surface area contributed by atoms with Crippen LogP contribution in [-0.2, 0) is 20.9 Å². The first kappa shape index (κ1) is 26.5. The van der Waals surface area contributed by atoms with Crippen molar-refractivity contribution in [1.29, 1.82) is 0 Å². The van der Waals surface area contributed by atoms with Gasteiger partial charge in [0.25, 0.3) is 5.91 Å². The van der Waals surface area contributed by atoms with Gasteiger partial charge in [-0.25, -0.2) is 0 Å². The Balaban J connectivity index is 1.76. The van der Waals surface area contributed by atoms with E-state index in [2.05, 4.69) is 5.32 Å². The van der Waals surface area contributed by atoms with E-state index in [-0.39, 0.29) is 61.4 Å². The minimum Gasteiger partial charge on any atom is -0.491 e. The van der Waals surface area contributed by atoms with Crippen molar-refractivity contribution in [1.82, 2.24) is 10.2 Å². The number of halogens is 1. The van der Waals surface area contributed by atoms with Gasteiger partial charge in [0.2, 0.25) is 11.8 Å².